The normalized spacial score (nSPS) is 19.8. The summed E-state index contributed by atoms with van der Waals surface area (Å²) in [4.78, 5) is 18.2. The second kappa shape index (κ2) is 6.56. The standard InChI is InChI=1S/C16H25N3O2S/c1-16(2,19-6-8-21-9-7-19)12-17-15(20)18-5-3-14-13(11-18)4-10-22-14/h4,10H,3,5-9,11-12H2,1-2H3,(H,17,20). The number of hydrogen-bond donors (Lipinski definition) is 1. The molecule has 0 aliphatic carbocycles. The number of carbonyl (C=O) groups excluding carboxylic acids is 1. The van der Waals surface area contributed by atoms with Crippen molar-refractivity contribution in [2.75, 3.05) is 39.4 Å². The topological polar surface area (TPSA) is 44.8 Å². The molecular formula is C16H25N3O2S. The van der Waals surface area contributed by atoms with Gasteiger partial charge in [-0.1, -0.05) is 0 Å². The van der Waals surface area contributed by atoms with Gasteiger partial charge in [0.1, 0.15) is 0 Å². The summed E-state index contributed by atoms with van der Waals surface area (Å²) >= 11 is 1.80. The molecule has 0 radical (unpaired) electrons. The average Bonchev–Trinajstić information content (AvgIpc) is 3.01. The first-order valence-electron chi connectivity index (χ1n) is 7.97. The van der Waals surface area contributed by atoms with Gasteiger partial charge in [-0.2, -0.15) is 0 Å². The zero-order valence-electron chi connectivity index (χ0n) is 13.4. The van der Waals surface area contributed by atoms with Crippen LogP contribution in [-0.2, 0) is 17.7 Å². The predicted molar refractivity (Wildman–Crippen MR) is 88.3 cm³/mol. The van der Waals surface area contributed by atoms with E-state index in [1.807, 2.05) is 4.90 Å². The van der Waals surface area contributed by atoms with Gasteiger partial charge in [0.15, 0.2) is 0 Å². The van der Waals surface area contributed by atoms with E-state index in [4.69, 9.17) is 4.74 Å². The zero-order valence-corrected chi connectivity index (χ0v) is 14.2. The minimum atomic E-state index is -0.0389. The first-order valence-corrected chi connectivity index (χ1v) is 8.85. The third kappa shape index (κ3) is 3.45. The molecule has 2 aliphatic heterocycles. The van der Waals surface area contributed by atoms with Crippen LogP contribution in [0.2, 0.25) is 0 Å². The molecule has 0 saturated carbocycles. The highest BCUT2D eigenvalue weighted by atomic mass is 32.1. The third-order valence-electron chi connectivity index (χ3n) is 4.63. The Morgan fingerprint density at radius 3 is 2.91 bits per heavy atom. The van der Waals surface area contributed by atoms with Crippen molar-refractivity contribution in [3.8, 4) is 0 Å². The molecule has 0 unspecified atom stereocenters. The second-order valence-corrected chi connectivity index (χ2v) is 7.61. The number of urea groups is 1. The Morgan fingerprint density at radius 1 is 1.36 bits per heavy atom. The number of hydrogen-bond acceptors (Lipinski definition) is 4. The Morgan fingerprint density at radius 2 is 2.14 bits per heavy atom. The van der Waals surface area contributed by atoms with E-state index in [9.17, 15) is 4.79 Å². The Hall–Kier alpha value is -1.11. The fourth-order valence-corrected chi connectivity index (χ4v) is 4.00. The van der Waals surface area contributed by atoms with Crippen LogP contribution in [0.4, 0.5) is 4.79 Å². The van der Waals surface area contributed by atoms with E-state index in [1.54, 1.807) is 11.3 Å². The number of carbonyl (C=O) groups is 1. The van der Waals surface area contributed by atoms with Crippen LogP contribution in [0.3, 0.4) is 0 Å². The van der Waals surface area contributed by atoms with Crippen LogP contribution in [0.15, 0.2) is 11.4 Å². The van der Waals surface area contributed by atoms with Crippen molar-refractivity contribution in [1.29, 1.82) is 0 Å². The summed E-state index contributed by atoms with van der Waals surface area (Å²) in [7, 11) is 0. The van der Waals surface area contributed by atoms with Crippen molar-refractivity contribution >= 4 is 17.4 Å². The van der Waals surface area contributed by atoms with Crippen molar-refractivity contribution < 1.29 is 9.53 Å². The van der Waals surface area contributed by atoms with Crippen molar-refractivity contribution in [3.05, 3.63) is 21.9 Å². The van der Waals surface area contributed by atoms with Gasteiger partial charge < -0.3 is 15.0 Å². The van der Waals surface area contributed by atoms with Crippen LogP contribution < -0.4 is 5.32 Å². The summed E-state index contributed by atoms with van der Waals surface area (Å²) in [5.41, 5.74) is 1.27. The van der Waals surface area contributed by atoms with Gasteiger partial charge >= 0.3 is 6.03 Å². The lowest BCUT2D eigenvalue weighted by molar-refractivity contribution is -0.00907. The van der Waals surface area contributed by atoms with Gasteiger partial charge in [0.25, 0.3) is 0 Å². The van der Waals surface area contributed by atoms with Crippen LogP contribution in [-0.4, -0.2) is 60.8 Å². The maximum Gasteiger partial charge on any atom is 0.317 e. The molecule has 0 atom stereocenters. The Bertz CT molecular complexity index is 523. The first-order chi connectivity index (χ1) is 10.6. The second-order valence-electron chi connectivity index (χ2n) is 6.61. The Balaban J connectivity index is 1.52. The van der Waals surface area contributed by atoms with Gasteiger partial charge in [0, 0.05) is 43.1 Å². The summed E-state index contributed by atoms with van der Waals surface area (Å²) in [6.45, 7) is 10.0. The minimum Gasteiger partial charge on any atom is -0.379 e. The third-order valence-corrected chi connectivity index (χ3v) is 5.66. The number of ether oxygens (including phenoxy) is 1. The monoisotopic (exact) mass is 323 g/mol. The van der Waals surface area contributed by atoms with Gasteiger partial charge in [-0.25, -0.2) is 4.79 Å². The largest absolute Gasteiger partial charge is 0.379 e. The number of morpholine rings is 1. The maximum atomic E-state index is 12.4. The molecule has 0 spiro atoms. The van der Waals surface area contributed by atoms with E-state index in [0.29, 0.717) is 6.54 Å². The Kier molecular flexibility index (Phi) is 4.70. The van der Waals surface area contributed by atoms with Crippen LogP contribution in [0.5, 0.6) is 0 Å². The van der Waals surface area contributed by atoms with Crippen molar-refractivity contribution in [1.82, 2.24) is 15.1 Å². The molecule has 1 aromatic heterocycles. The van der Waals surface area contributed by atoms with Crippen molar-refractivity contribution in [2.45, 2.75) is 32.4 Å². The fraction of sp³-hybridized carbons (Fsp3) is 0.688. The molecule has 5 nitrogen and oxygen atoms in total. The van der Waals surface area contributed by atoms with E-state index in [0.717, 1.165) is 45.8 Å². The number of nitrogens with zero attached hydrogens (tertiary/aromatic N) is 2. The number of fused-ring (bicyclic) bond motifs is 1. The van der Waals surface area contributed by atoms with Crippen molar-refractivity contribution in [2.24, 2.45) is 0 Å². The molecule has 1 saturated heterocycles. The van der Waals surface area contributed by atoms with Gasteiger partial charge in [0.05, 0.1) is 13.2 Å². The summed E-state index contributed by atoms with van der Waals surface area (Å²) in [6.07, 6.45) is 0.979. The molecule has 2 aliphatic rings. The number of amides is 2. The molecule has 1 N–H and O–H groups in total. The van der Waals surface area contributed by atoms with Crippen LogP contribution >= 0.6 is 11.3 Å². The molecule has 0 aromatic carbocycles. The smallest absolute Gasteiger partial charge is 0.317 e. The van der Waals surface area contributed by atoms with Gasteiger partial charge in [-0.05, 0) is 37.3 Å². The quantitative estimate of drug-likeness (QED) is 0.924. The first kappa shape index (κ1) is 15.8. The Labute approximate surface area is 136 Å². The molecule has 3 heterocycles. The lowest BCUT2D eigenvalue weighted by Gasteiger charge is -2.41. The molecule has 22 heavy (non-hydrogen) atoms. The zero-order chi connectivity index (χ0) is 15.6. The van der Waals surface area contributed by atoms with Crippen LogP contribution in [0, 0.1) is 0 Å². The maximum absolute atomic E-state index is 12.4. The molecule has 1 aromatic rings. The van der Waals surface area contributed by atoms with E-state index >= 15 is 0 Å². The summed E-state index contributed by atoms with van der Waals surface area (Å²) in [5, 5.41) is 5.24. The van der Waals surface area contributed by atoms with E-state index in [-0.39, 0.29) is 11.6 Å². The highest BCUT2D eigenvalue weighted by molar-refractivity contribution is 7.10. The van der Waals surface area contributed by atoms with Gasteiger partial charge in [0.2, 0.25) is 0 Å². The fourth-order valence-electron chi connectivity index (χ4n) is 3.11. The van der Waals surface area contributed by atoms with Gasteiger partial charge in [-0.3, -0.25) is 4.90 Å². The van der Waals surface area contributed by atoms with Crippen molar-refractivity contribution in [3.63, 3.8) is 0 Å². The molecule has 0 bridgehead atoms. The van der Waals surface area contributed by atoms with E-state index in [1.165, 1.54) is 10.4 Å². The number of rotatable bonds is 3. The SMILES string of the molecule is CC(C)(CNC(=O)N1CCc2sccc2C1)N1CCOCC1. The van der Waals surface area contributed by atoms with Crippen LogP contribution in [0.25, 0.3) is 0 Å². The lowest BCUT2D eigenvalue weighted by Crippen LogP contribution is -2.56. The van der Waals surface area contributed by atoms with E-state index in [2.05, 4.69) is 35.5 Å². The highest BCUT2D eigenvalue weighted by Crippen LogP contribution is 2.24. The summed E-state index contributed by atoms with van der Waals surface area (Å²) in [5.74, 6) is 0. The predicted octanol–water partition coefficient (Wildman–Crippen LogP) is 1.93. The minimum absolute atomic E-state index is 0.0389. The molecule has 2 amide bonds. The molecule has 122 valence electrons. The summed E-state index contributed by atoms with van der Waals surface area (Å²) in [6, 6.07) is 2.19. The van der Waals surface area contributed by atoms with E-state index < -0.39 is 0 Å². The average molecular weight is 323 g/mol. The summed E-state index contributed by atoms with van der Waals surface area (Å²) < 4.78 is 5.41. The molecule has 1 fully saturated rings. The molecule has 3 rings (SSSR count). The lowest BCUT2D eigenvalue weighted by atomic mass is 10.0. The van der Waals surface area contributed by atoms with Gasteiger partial charge in [-0.15, -0.1) is 11.3 Å². The van der Waals surface area contributed by atoms with Crippen LogP contribution in [0.1, 0.15) is 24.3 Å². The molecular weight excluding hydrogens is 298 g/mol. The number of thiophene rings is 1. The highest BCUT2D eigenvalue weighted by Gasteiger charge is 2.29. The number of nitrogens with one attached hydrogen (secondary N) is 1. The molecule has 6 heteroatoms.